The maximum atomic E-state index is 12.4. The molecule has 2 rings (SSSR count). The van der Waals surface area contributed by atoms with Crippen LogP contribution in [0.1, 0.15) is 51.5 Å². The highest BCUT2D eigenvalue weighted by Crippen LogP contribution is 2.20. The summed E-state index contributed by atoms with van der Waals surface area (Å²) in [6.45, 7) is 4.82. The number of nitrogens with zero attached hydrogens (tertiary/aromatic N) is 3. The van der Waals surface area contributed by atoms with Gasteiger partial charge < -0.3 is 15.2 Å². The van der Waals surface area contributed by atoms with Gasteiger partial charge in [-0.05, 0) is 31.1 Å². The predicted octanol–water partition coefficient (Wildman–Crippen LogP) is 4.72. The summed E-state index contributed by atoms with van der Waals surface area (Å²) >= 11 is 0. The number of rotatable bonds is 12. The SMILES string of the molecule is CCCCCCCNC(=O)N(C)c1ccnc(-c2ccc(/C=C(/OCC)C(=O)O)cc2)n1. The fourth-order valence-electron chi connectivity index (χ4n) is 3.02. The zero-order chi connectivity index (χ0) is 23.3. The number of hydrogen-bond donors (Lipinski definition) is 2. The minimum Gasteiger partial charge on any atom is -0.487 e. The molecule has 8 nitrogen and oxygen atoms in total. The van der Waals surface area contributed by atoms with Crippen molar-refractivity contribution in [3.8, 4) is 11.4 Å². The van der Waals surface area contributed by atoms with E-state index in [-0.39, 0.29) is 18.4 Å². The van der Waals surface area contributed by atoms with Gasteiger partial charge in [0.15, 0.2) is 5.82 Å². The molecule has 0 saturated heterocycles. The fourth-order valence-corrected chi connectivity index (χ4v) is 3.02. The Bertz CT molecular complexity index is 912. The molecule has 8 heteroatoms. The minimum atomic E-state index is -1.12. The molecule has 0 radical (unpaired) electrons. The van der Waals surface area contributed by atoms with Gasteiger partial charge in [0.2, 0.25) is 5.76 Å². The molecule has 2 aromatic rings. The van der Waals surface area contributed by atoms with E-state index in [0.29, 0.717) is 23.8 Å². The van der Waals surface area contributed by atoms with Crippen LogP contribution in [-0.2, 0) is 9.53 Å². The number of aliphatic carboxylic acids is 1. The number of carbonyl (C=O) groups is 2. The van der Waals surface area contributed by atoms with E-state index in [1.165, 1.54) is 30.2 Å². The Morgan fingerprint density at radius 3 is 2.47 bits per heavy atom. The quantitative estimate of drug-likeness (QED) is 0.281. The van der Waals surface area contributed by atoms with Crippen molar-refractivity contribution < 1.29 is 19.4 Å². The number of carboxylic acid groups (broad SMARTS) is 1. The van der Waals surface area contributed by atoms with Crippen LogP contribution in [0.25, 0.3) is 17.5 Å². The predicted molar refractivity (Wildman–Crippen MR) is 125 cm³/mol. The van der Waals surface area contributed by atoms with Gasteiger partial charge in [-0.2, -0.15) is 0 Å². The molecule has 0 bridgehead atoms. The Kier molecular flexibility index (Phi) is 10.2. The molecular formula is C24H32N4O4. The van der Waals surface area contributed by atoms with Gasteiger partial charge in [-0.3, -0.25) is 4.90 Å². The third-order valence-corrected chi connectivity index (χ3v) is 4.82. The van der Waals surface area contributed by atoms with E-state index in [1.807, 2.05) is 0 Å². The molecule has 0 aliphatic heterocycles. The van der Waals surface area contributed by atoms with Gasteiger partial charge in [0.1, 0.15) is 5.82 Å². The standard InChI is InChI=1S/C24H32N4O4/c1-4-6-7-8-9-15-26-24(31)28(3)21-14-16-25-22(27-21)19-12-10-18(11-13-19)17-20(23(29)30)32-5-2/h10-14,16-17H,4-9,15H2,1-3H3,(H,26,31)(H,29,30)/b20-17+. The van der Waals surface area contributed by atoms with Gasteiger partial charge in [-0.25, -0.2) is 19.6 Å². The van der Waals surface area contributed by atoms with Crippen LogP contribution in [0.15, 0.2) is 42.3 Å². The number of amides is 2. The van der Waals surface area contributed by atoms with Crippen LogP contribution >= 0.6 is 0 Å². The van der Waals surface area contributed by atoms with Gasteiger partial charge in [-0.1, -0.05) is 56.9 Å². The number of ether oxygens (including phenoxy) is 1. The highest BCUT2D eigenvalue weighted by molar-refractivity contribution is 5.91. The molecule has 1 aromatic carbocycles. The smallest absolute Gasteiger partial charge is 0.371 e. The molecule has 32 heavy (non-hydrogen) atoms. The van der Waals surface area contributed by atoms with Crippen LogP contribution < -0.4 is 10.2 Å². The minimum absolute atomic E-state index is 0.114. The molecule has 2 N–H and O–H groups in total. The number of benzene rings is 1. The first-order valence-corrected chi connectivity index (χ1v) is 11.0. The molecule has 2 amide bonds. The lowest BCUT2D eigenvalue weighted by Crippen LogP contribution is -2.38. The van der Waals surface area contributed by atoms with E-state index in [4.69, 9.17) is 4.74 Å². The molecular weight excluding hydrogens is 408 g/mol. The zero-order valence-electron chi connectivity index (χ0n) is 19.0. The van der Waals surface area contributed by atoms with Gasteiger partial charge in [0.05, 0.1) is 6.61 Å². The highest BCUT2D eigenvalue weighted by Gasteiger charge is 2.13. The Hall–Kier alpha value is -3.42. The Morgan fingerprint density at radius 2 is 1.81 bits per heavy atom. The summed E-state index contributed by atoms with van der Waals surface area (Å²) in [4.78, 5) is 33.9. The van der Waals surface area contributed by atoms with Crippen molar-refractivity contribution in [2.24, 2.45) is 0 Å². The maximum Gasteiger partial charge on any atom is 0.371 e. The van der Waals surface area contributed by atoms with Crippen molar-refractivity contribution in [2.75, 3.05) is 25.1 Å². The second kappa shape index (κ2) is 13.1. The first-order chi connectivity index (χ1) is 15.5. The number of urea groups is 1. The maximum absolute atomic E-state index is 12.4. The molecule has 1 heterocycles. The van der Waals surface area contributed by atoms with E-state index < -0.39 is 5.97 Å². The third kappa shape index (κ3) is 7.68. The van der Waals surface area contributed by atoms with Gasteiger partial charge in [-0.15, -0.1) is 0 Å². The van der Waals surface area contributed by atoms with E-state index in [1.54, 1.807) is 50.5 Å². The van der Waals surface area contributed by atoms with E-state index in [9.17, 15) is 14.7 Å². The topological polar surface area (TPSA) is 105 Å². The van der Waals surface area contributed by atoms with E-state index in [0.717, 1.165) is 18.4 Å². The van der Waals surface area contributed by atoms with Crippen LogP contribution in [0.4, 0.5) is 10.6 Å². The lowest BCUT2D eigenvalue weighted by Gasteiger charge is -2.17. The summed E-state index contributed by atoms with van der Waals surface area (Å²) in [7, 11) is 1.67. The van der Waals surface area contributed by atoms with Gasteiger partial charge >= 0.3 is 12.0 Å². The Balaban J connectivity index is 2.03. The van der Waals surface area contributed by atoms with Crippen molar-refractivity contribution in [1.29, 1.82) is 0 Å². The van der Waals surface area contributed by atoms with E-state index in [2.05, 4.69) is 22.2 Å². The van der Waals surface area contributed by atoms with Crippen LogP contribution in [0.5, 0.6) is 0 Å². The number of nitrogens with one attached hydrogen (secondary N) is 1. The average Bonchev–Trinajstić information content (AvgIpc) is 2.81. The molecule has 172 valence electrons. The third-order valence-electron chi connectivity index (χ3n) is 4.82. The molecule has 1 aromatic heterocycles. The molecule has 0 aliphatic rings. The average molecular weight is 441 g/mol. The number of anilines is 1. The highest BCUT2D eigenvalue weighted by atomic mass is 16.5. The van der Waals surface area contributed by atoms with Crippen LogP contribution in [0, 0.1) is 0 Å². The monoisotopic (exact) mass is 440 g/mol. The number of aromatic nitrogens is 2. The van der Waals surface area contributed by atoms with Gasteiger partial charge in [0, 0.05) is 25.4 Å². The van der Waals surface area contributed by atoms with Crippen LogP contribution in [0.3, 0.4) is 0 Å². The first kappa shape index (κ1) is 24.8. The second-order valence-electron chi connectivity index (χ2n) is 7.31. The Labute approximate surface area is 189 Å². The summed E-state index contributed by atoms with van der Waals surface area (Å²) < 4.78 is 5.13. The molecule has 0 saturated carbocycles. The zero-order valence-corrected chi connectivity index (χ0v) is 19.0. The van der Waals surface area contributed by atoms with Crippen molar-refractivity contribution >= 4 is 23.9 Å². The lowest BCUT2D eigenvalue weighted by atomic mass is 10.1. The molecule has 0 aliphatic carbocycles. The number of carbonyl (C=O) groups excluding carboxylic acids is 1. The second-order valence-corrected chi connectivity index (χ2v) is 7.31. The number of unbranched alkanes of at least 4 members (excludes halogenated alkanes) is 4. The molecule has 0 unspecified atom stereocenters. The summed E-state index contributed by atoms with van der Waals surface area (Å²) in [5.41, 5.74) is 1.44. The van der Waals surface area contributed by atoms with Crippen LogP contribution in [-0.4, -0.2) is 47.3 Å². The summed E-state index contributed by atoms with van der Waals surface area (Å²) in [6, 6.07) is 8.61. The fraction of sp³-hybridized carbons (Fsp3) is 0.417. The summed E-state index contributed by atoms with van der Waals surface area (Å²) in [6.07, 6.45) is 8.75. The normalized spacial score (nSPS) is 11.2. The number of hydrogen-bond acceptors (Lipinski definition) is 5. The largest absolute Gasteiger partial charge is 0.487 e. The van der Waals surface area contributed by atoms with Crippen molar-refractivity contribution in [2.45, 2.75) is 46.0 Å². The Morgan fingerprint density at radius 1 is 1.09 bits per heavy atom. The van der Waals surface area contributed by atoms with E-state index >= 15 is 0 Å². The van der Waals surface area contributed by atoms with Crippen molar-refractivity contribution in [3.05, 3.63) is 47.9 Å². The van der Waals surface area contributed by atoms with Gasteiger partial charge in [0.25, 0.3) is 0 Å². The molecule has 0 fully saturated rings. The summed E-state index contributed by atoms with van der Waals surface area (Å²) in [5.74, 6) is -0.266. The first-order valence-electron chi connectivity index (χ1n) is 11.0. The van der Waals surface area contributed by atoms with Crippen molar-refractivity contribution in [3.63, 3.8) is 0 Å². The summed E-state index contributed by atoms with van der Waals surface area (Å²) in [5, 5.41) is 12.1. The number of carboxylic acids is 1. The van der Waals surface area contributed by atoms with Crippen molar-refractivity contribution in [1.82, 2.24) is 15.3 Å². The molecule has 0 spiro atoms. The van der Waals surface area contributed by atoms with Crippen LogP contribution in [0.2, 0.25) is 0 Å². The lowest BCUT2D eigenvalue weighted by molar-refractivity contribution is -0.136. The molecule has 0 atom stereocenters.